The summed E-state index contributed by atoms with van der Waals surface area (Å²) in [6, 6.07) is 7.76. The van der Waals surface area contributed by atoms with E-state index in [0.29, 0.717) is 12.2 Å². The number of carbonyl (C=O) groups excluding carboxylic acids is 1. The average Bonchev–Trinajstić information content (AvgIpc) is 2.95. The lowest BCUT2D eigenvalue weighted by molar-refractivity contribution is 0.0946. The molecule has 0 aliphatic rings. The van der Waals surface area contributed by atoms with E-state index >= 15 is 0 Å². The van der Waals surface area contributed by atoms with Crippen LogP contribution in [-0.4, -0.2) is 10.9 Å². The van der Waals surface area contributed by atoms with Gasteiger partial charge in [-0.05, 0) is 24.1 Å². The summed E-state index contributed by atoms with van der Waals surface area (Å²) in [6.45, 7) is 2.56. The first-order valence-corrected chi connectivity index (χ1v) is 8.51. The van der Waals surface area contributed by atoms with Gasteiger partial charge >= 0.3 is 0 Å². The summed E-state index contributed by atoms with van der Waals surface area (Å²) in [5, 5.41) is 5.46. The number of hydrogen-bond donors (Lipinski definition) is 2. The summed E-state index contributed by atoms with van der Waals surface area (Å²) in [5.41, 5.74) is 7.49. The zero-order valence-electron chi connectivity index (χ0n) is 11.8. The molecule has 1 aromatic heterocycles. The second-order valence-corrected chi connectivity index (χ2v) is 6.58. The standard InChI is InChI=1S/C15H18BrN3OS/c1-2-4-12(17)15-19-13(9-21-15)14(20)18-8-10-5-3-6-11(16)7-10/h3,5-7,9,12H,2,4,8,17H2,1H3,(H,18,20). The van der Waals surface area contributed by atoms with Gasteiger partial charge in [0.1, 0.15) is 10.7 Å². The van der Waals surface area contributed by atoms with Crippen molar-refractivity contribution in [3.8, 4) is 0 Å². The number of rotatable bonds is 6. The summed E-state index contributed by atoms with van der Waals surface area (Å²) in [5.74, 6) is -0.166. The number of nitrogens with one attached hydrogen (secondary N) is 1. The van der Waals surface area contributed by atoms with Crippen LogP contribution in [-0.2, 0) is 6.54 Å². The van der Waals surface area contributed by atoms with Gasteiger partial charge in [0.05, 0.1) is 6.04 Å². The summed E-state index contributed by atoms with van der Waals surface area (Å²) in [6.07, 6.45) is 1.89. The Morgan fingerprint density at radius 2 is 2.33 bits per heavy atom. The SMILES string of the molecule is CCCC(N)c1nc(C(=O)NCc2cccc(Br)c2)cs1. The largest absolute Gasteiger partial charge is 0.347 e. The van der Waals surface area contributed by atoms with Crippen molar-refractivity contribution >= 4 is 33.2 Å². The lowest BCUT2D eigenvalue weighted by atomic mass is 10.2. The van der Waals surface area contributed by atoms with Crippen LogP contribution in [0.4, 0.5) is 0 Å². The zero-order chi connectivity index (χ0) is 15.2. The van der Waals surface area contributed by atoms with Crippen molar-refractivity contribution < 1.29 is 4.79 Å². The predicted molar refractivity (Wildman–Crippen MR) is 89.3 cm³/mol. The van der Waals surface area contributed by atoms with Crippen molar-refractivity contribution in [3.05, 3.63) is 50.4 Å². The molecule has 1 unspecified atom stereocenters. The summed E-state index contributed by atoms with van der Waals surface area (Å²) in [4.78, 5) is 16.4. The monoisotopic (exact) mass is 367 g/mol. The van der Waals surface area contributed by atoms with Gasteiger partial charge in [0.25, 0.3) is 5.91 Å². The molecule has 1 aromatic carbocycles. The molecule has 0 saturated carbocycles. The molecule has 21 heavy (non-hydrogen) atoms. The molecule has 1 amide bonds. The Hall–Kier alpha value is -1.24. The molecule has 0 spiro atoms. The smallest absolute Gasteiger partial charge is 0.271 e. The number of aromatic nitrogens is 1. The maximum atomic E-state index is 12.1. The normalized spacial score (nSPS) is 12.1. The highest BCUT2D eigenvalue weighted by atomic mass is 79.9. The maximum Gasteiger partial charge on any atom is 0.271 e. The van der Waals surface area contributed by atoms with E-state index in [9.17, 15) is 4.79 Å². The lowest BCUT2D eigenvalue weighted by Crippen LogP contribution is -2.23. The van der Waals surface area contributed by atoms with Crippen molar-refractivity contribution in [3.63, 3.8) is 0 Å². The van der Waals surface area contributed by atoms with Crippen LogP contribution in [0, 0.1) is 0 Å². The molecule has 1 heterocycles. The van der Waals surface area contributed by atoms with Crippen molar-refractivity contribution in [1.82, 2.24) is 10.3 Å². The second kappa shape index (κ2) is 7.68. The number of halogens is 1. The van der Waals surface area contributed by atoms with Gasteiger partial charge in [-0.15, -0.1) is 11.3 Å². The Bertz CT molecular complexity index is 614. The van der Waals surface area contributed by atoms with Crippen LogP contribution in [0.3, 0.4) is 0 Å². The lowest BCUT2D eigenvalue weighted by Gasteiger charge is -2.06. The quantitative estimate of drug-likeness (QED) is 0.818. The molecular weight excluding hydrogens is 350 g/mol. The van der Waals surface area contributed by atoms with Crippen molar-refractivity contribution in [2.24, 2.45) is 5.73 Å². The highest BCUT2D eigenvalue weighted by Gasteiger charge is 2.14. The fourth-order valence-corrected chi connectivity index (χ4v) is 3.20. The molecule has 2 aromatic rings. The van der Waals surface area contributed by atoms with E-state index in [4.69, 9.17) is 5.73 Å². The zero-order valence-corrected chi connectivity index (χ0v) is 14.2. The molecule has 0 aliphatic carbocycles. The van der Waals surface area contributed by atoms with E-state index < -0.39 is 0 Å². The molecule has 2 rings (SSSR count). The number of nitrogens with zero attached hydrogens (tertiary/aromatic N) is 1. The van der Waals surface area contributed by atoms with Gasteiger partial charge in [0.2, 0.25) is 0 Å². The minimum atomic E-state index is -0.166. The molecule has 6 heteroatoms. The van der Waals surface area contributed by atoms with Gasteiger partial charge in [0.15, 0.2) is 0 Å². The van der Waals surface area contributed by atoms with Crippen LogP contribution < -0.4 is 11.1 Å². The highest BCUT2D eigenvalue weighted by Crippen LogP contribution is 2.20. The Morgan fingerprint density at radius 1 is 1.52 bits per heavy atom. The van der Waals surface area contributed by atoms with Crippen LogP contribution in [0.1, 0.15) is 46.9 Å². The van der Waals surface area contributed by atoms with Gasteiger partial charge in [0, 0.05) is 16.4 Å². The number of nitrogens with two attached hydrogens (primary N) is 1. The Kier molecular flexibility index (Phi) is 5.90. The topological polar surface area (TPSA) is 68.0 Å². The fourth-order valence-electron chi connectivity index (χ4n) is 1.92. The third kappa shape index (κ3) is 4.62. The first-order chi connectivity index (χ1) is 10.1. The third-order valence-corrected chi connectivity index (χ3v) is 4.48. The van der Waals surface area contributed by atoms with Crippen LogP contribution >= 0.6 is 27.3 Å². The van der Waals surface area contributed by atoms with Crippen LogP contribution in [0.5, 0.6) is 0 Å². The van der Waals surface area contributed by atoms with Crippen molar-refractivity contribution in [2.75, 3.05) is 0 Å². The number of hydrogen-bond acceptors (Lipinski definition) is 4. The van der Waals surface area contributed by atoms with Crippen LogP contribution in [0.2, 0.25) is 0 Å². The molecule has 0 aliphatic heterocycles. The molecule has 0 radical (unpaired) electrons. The van der Waals surface area contributed by atoms with E-state index in [2.05, 4.69) is 33.2 Å². The summed E-state index contributed by atoms with van der Waals surface area (Å²) >= 11 is 4.86. The van der Waals surface area contributed by atoms with Gasteiger partial charge in [-0.2, -0.15) is 0 Å². The molecular formula is C15H18BrN3OS. The summed E-state index contributed by atoms with van der Waals surface area (Å²) < 4.78 is 0.996. The van der Waals surface area contributed by atoms with Gasteiger partial charge < -0.3 is 11.1 Å². The maximum absolute atomic E-state index is 12.1. The number of thiazole rings is 1. The molecule has 0 fully saturated rings. The Labute approximate surface area is 136 Å². The first-order valence-electron chi connectivity index (χ1n) is 6.83. The average molecular weight is 368 g/mol. The van der Waals surface area contributed by atoms with Crippen LogP contribution in [0.15, 0.2) is 34.1 Å². The third-order valence-electron chi connectivity index (χ3n) is 3.01. The molecule has 1 atom stereocenters. The van der Waals surface area contributed by atoms with Gasteiger partial charge in [-0.25, -0.2) is 4.98 Å². The summed E-state index contributed by atoms with van der Waals surface area (Å²) in [7, 11) is 0. The predicted octanol–water partition coefficient (Wildman–Crippen LogP) is 3.64. The fraction of sp³-hybridized carbons (Fsp3) is 0.333. The molecule has 4 nitrogen and oxygen atoms in total. The van der Waals surface area contributed by atoms with Gasteiger partial charge in [-0.1, -0.05) is 41.4 Å². The second-order valence-electron chi connectivity index (χ2n) is 4.78. The van der Waals surface area contributed by atoms with Crippen LogP contribution in [0.25, 0.3) is 0 Å². The molecule has 0 bridgehead atoms. The van der Waals surface area contributed by atoms with Gasteiger partial charge in [-0.3, -0.25) is 4.79 Å². The minimum Gasteiger partial charge on any atom is -0.347 e. The number of amides is 1. The Morgan fingerprint density at radius 3 is 3.05 bits per heavy atom. The molecule has 0 saturated heterocycles. The number of carbonyl (C=O) groups is 1. The highest BCUT2D eigenvalue weighted by molar-refractivity contribution is 9.10. The molecule has 112 valence electrons. The van der Waals surface area contributed by atoms with Crippen molar-refractivity contribution in [2.45, 2.75) is 32.4 Å². The minimum absolute atomic E-state index is 0.0772. The molecule has 3 N–H and O–H groups in total. The van der Waals surface area contributed by atoms with E-state index in [1.165, 1.54) is 11.3 Å². The first kappa shape index (κ1) is 16.1. The van der Waals surface area contributed by atoms with E-state index in [0.717, 1.165) is 27.9 Å². The van der Waals surface area contributed by atoms with E-state index in [-0.39, 0.29) is 11.9 Å². The van der Waals surface area contributed by atoms with Crippen molar-refractivity contribution in [1.29, 1.82) is 0 Å². The Balaban J connectivity index is 1.94. The number of benzene rings is 1. The van der Waals surface area contributed by atoms with E-state index in [1.807, 2.05) is 24.3 Å². The van der Waals surface area contributed by atoms with E-state index in [1.54, 1.807) is 5.38 Å².